The van der Waals surface area contributed by atoms with Gasteiger partial charge in [0.15, 0.2) is 0 Å². The Morgan fingerprint density at radius 1 is 1.40 bits per heavy atom. The summed E-state index contributed by atoms with van der Waals surface area (Å²) in [5, 5.41) is 10.3. The summed E-state index contributed by atoms with van der Waals surface area (Å²) in [6.07, 6.45) is 0.361. The van der Waals surface area contributed by atoms with E-state index in [-0.39, 0.29) is 5.91 Å². The molecule has 1 atom stereocenters. The third-order valence-corrected chi connectivity index (χ3v) is 3.56. The van der Waals surface area contributed by atoms with Crippen LogP contribution in [-0.2, 0) is 4.79 Å². The minimum atomic E-state index is -0.589. The molecule has 0 spiro atoms. The highest BCUT2D eigenvalue weighted by atomic mass is 79.9. The molecule has 0 aliphatic carbocycles. The molecule has 4 nitrogen and oxygen atoms in total. The summed E-state index contributed by atoms with van der Waals surface area (Å²) in [5.41, 5.74) is 0.859. The number of likely N-dealkylation sites (N-methyl/N-ethyl adjacent to an activating group) is 1. The highest BCUT2D eigenvalue weighted by Gasteiger charge is 2.16. The number of nitrogens with zero attached hydrogens (tertiary/aromatic N) is 2. The predicted molar refractivity (Wildman–Crippen MR) is 84.5 cm³/mol. The van der Waals surface area contributed by atoms with Crippen LogP contribution in [0.4, 0.5) is 0 Å². The summed E-state index contributed by atoms with van der Waals surface area (Å²) in [5.74, 6) is 0.0555. The molecule has 0 fully saturated rings. The summed E-state index contributed by atoms with van der Waals surface area (Å²) in [6.45, 7) is 3.67. The zero-order chi connectivity index (χ0) is 15.1. The van der Waals surface area contributed by atoms with Crippen molar-refractivity contribution in [3.05, 3.63) is 34.3 Å². The number of carbonyl (C=O) groups is 1. The Balaban J connectivity index is 2.67. The van der Waals surface area contributed by atoms with Crippen molar-refractivity contribution in [3.63, 3.8) is 0 Å². The van der Waals surface area contributed by atoms with Crippen LogP contribution in [0.5, 0.6) is 0 Å². The average Bonchev–Trinajstić information content (AvgIpc) is 2.38. The number of hydrogen-bond donors (Lipinski definition) is 1. The van der Waals surface area contributed by atoms with Crippen LogP contribution >= 0.6 is 15.9 Å². The third-order valence-electron chi connectivity index (χ3n) is 3.06. The molecule has 0 heterocycles. The first-order chi connectivity index (χ1) is 9.43. The first-order valence-electron chi connectivity index (χ1n) is 6.80. The van der Waals surface area contributed by atoms with E-state index in [1.54, 1.807) is 19.0 Å². The van der Waals surface area contributed by atoms with E-state index in [9.17, 15) is 9.90 Å². The van der Waals surface area contributed by atoms with Crippen LogP contribution in [0.1, 0.15) is 25.0 Å². The number of aliphatic hydroxyl groups is 1. The van der Waals surface area contributed by atoms with Crippen molar-refractivity contribution in [1.29, 1.82) is 0 Å². The molecular weight excluding hydrogens is 320 g/mol. The Hall–Kier alpha value is -0.910. The molecule has 1 unspecified atom stereocenters. The van der Waals surface area contributed by atoms with E-state index in [0.29, 0.717) is 13.1 Å². The van der Waals surface area contributed by atoms with Gasteiger partial charge in [-0.2, -0.15) is 0 Å². The molecule has 20 heavy (non-hydrogen) atoms. The van der Waals surface area contributed by atoms with E-state index in [1.165, 1.54) is 0 Å². The number of aliphatic hydroxyl groups excluding tert-OH is 1. The van der Waals surface area contributed by atoms with Gasteiger partial charge in [0, 0.05) is 25.1 Å². The van der Waals surface area contributed by atoms with E-state index in [2.05, 4.69) is 22.9 Å². The molecule has 5 heteroatoms. The van der Waals surface area contributed by atoms with Gasteiger partial charge >= 0.3 is 0 Å². The first-order valence-corrected chi connectivity index (χ1v) is 7.59. The molecule has 112 valence electrons. The molecule has 0 aliphatic rings. The molecule has 1 N–H and O–H groups in total. The highest BCUT2D eigenvalue weighted by molar-refractivity contribution is 9.10. The van der Waals surface area contributed by atoms with Gasteiger partial charge in [-0.15, -0.1) is 0 Å². The lowest BCUT2D eigenvalue weighted by Crippen LogP contribution is -2.39. The quantitative estimate of drug-likeness (QED) is 0.826. The minimum absolute atomic E-state index is 0.0555. The van der Waals surface area contributed by atoms with Crippen LogP contribution in [0.3, 0.4) is 0 Å². The van der Waals surface area contributed by atoms with Gasteiger partial charge in [-0.1, -0.05) is 35.0 Å². The fraction of sp³-hybridized carbons (Fsp3) is 0.533. The van der Waals surface area contributed by atoms with E-state index in [1.807, 2.05) is 29.2 Å². The lowest BCUT2D eigenvalue weighted by molar-refractivity contribution is -0.130. The molecule has 0 bridgehead atoms. The Bertz CT molecular complexity index is 438. The number of hydrogen-bond acceptors (Lipinski definition) is 3. The normalized spacial score (nSPS) is 12.5. The maximum atomic E-state index is 11.8. The molecule has 0 saturated heterocycles. The second-order valence-electron chi connectivity index (χ2n) is 5.09. The van der Waals surface area contributed by atoms with Crippen LogP contribution in [-0.4, -0.2) is 54.5 Å². The molecule has 0 radical (unpaired) electrons. The Labute approximate surface area is 129 Å². The van der Waals surface area contributed by atoms with Crippen LogP contribution in [0.2, 0.25) is 0 Å². The minimum Gasteiger partial charge on any atom is -0.387 e. The molecule has 1 amide bonds. The first kappa shape index (κ1) is 17.1. The van der Waals surface area contributed by atoms with Gasteiger partial charge in [0.05, 0.1) is 12.6 Å². The second-order valence-corrected chi connectivity index (χ2v) is 6.01. The Morgan fingerprint density at radius 2 is 2.10 bits per heavy atom. The highest BCUT2D eigenvalue weighted by Crippen LogP contribution is 2.19. The van der Waals surface area contributed by atoms with Crippen molar-refractivity contribution in [3.8, 4) is 0 Å². The van der Waals surface area contributed by atoms with Crippen LogP contribution < -0.4 is 0 Å². The van der Waals surface area contributed by atoms with Gasteiger partial charge in [-0.25, -0.2) is 0 Å². The molecule has 0 aliphatic heterocycles. The number of benzene rings is 1. The van der Waals surface area contributed by atoms with Crippen molar-refractivity contribution in [2.75, 3.05) is 33.7 Å². The summed E-state index contributed by atoms with van der Waals surface area (Å²) in [6, 6.07) is 7.63. The van der Waals surface area contributed by atoms with Gasteiger partial charge in [0.25, 0.3) is 0 Å². The molecule has 0 aromatic heterocycles. The van der Waals surface area contributed by atoms with Crippen LogP contribution in [0.15, 0.2) is 28.7 Å². The Morgan fingerprint density at radius 3 is 2.65 bits per heavy atom. The van der Waals surface area contributed by atoms with Crippen LogP contribution in [0.25, 0.3) is 0 Å². The number of carbonyl (C=O) groups excluding carboxylic acids is 1. The van der Waals surface area contributed by atoms with E-state index < -0.39 is 6.10 Å². The molecular formula is C15H23BrN2O2. The molecule has 1 aromatic carbocycles. The van der Waals surface area contributed by atoms with Crippen molar-refractivity contribution in [1.82, 2.24) is 9.80 Å². The zero-order valence-electron chi connectivity index (χ0n) is 12.3. The summed E-state index contributed by atoms with van der Waals surface area (Å²) >= 11 is 3.40. The van der Waals surface area contributed by atoms with Crippen LogP contribution in [0, 0.1) is 0 Å². The van der Waals surface area contributed by atoms with E-state index in [4.69, 9.17) is 0 Å². The Kier molecular flexibility index (Phi) is 7.19. The molecule has 1 aromatic rings. The average molecular weight is 343 g/mol. The lowest BCUT2D eigenvalue weighted by Gasteiger charge is -2.25. The van der Waals surface area contributed by atoms with Gasteiger partial charge in [0.1, 0.15) is 0 Å². The van der Waals surface area contributed by atoms with E-state index >= 15 is 0 Å². The van der Waals surface area contributed by atoms with Crippen molar-refractivity contribution >= 4 is 21.8 Å². The zero-order valence-corrected chi connectivity index (χ0v) is 13.9. The van der Waals surface area contributed by atoms with E-state index in [0.717, 1.165) is 23.0 Å². The number of rotatable bonds is 7. The van der Waals surface area contributed by atoms with Gasteiger partial charge in [-0.3, -0.25) is 9.69 Å². The largest absolute Gasteiger partial charge is 0.387 e. The van der Waals surface area contributed by atoms with Crippen molar-refractivity contribution in [2.45, 2.75) is 19.4 Å². The van der Waals surface area contributed by atoms with Gasteiger partial charge < -0.3 is 10.0 Å². The second kappa shape index (κ2) is 8.39. The van der Waals surface area contributed by atoms with Gasteiger partial charge in [-0.05, 0) is 30.7 Å². The van der Waals surface area contributed by atoms with Gasteiger partial charge in [0.2, 0.25) is 5.91 Å². The SMILES string of the molecule is CCCN(CC(=O)N(C)C)CC(O)c1cccc(Br)c1. The summed E-state index contributed by atoms with van der Waals surface area (Å²) < 4.78 is 0.945. The predicted octanol–water partition coefficient (Wildman–Crippen LogP) is 2.28. The lowest BCUT2D eigenvalue weighted by atomic mass is 10.1. The maximum absolute atomic E-state index is 11.8. The smallest absolute Gasteiger partial charge is 0.236 e. The third kappa shape index (κ3) is 5.61. The standard InChI is InChI=1S/C15H23BrN2O2/c1-4-8-18(11-15(20)17(2)3)10-14(19)12-6-5-7-13(16)9-12/h5-7,9,14,19H,4,8,10-11H2,1-3H3. The summed E-state index contributed by atoms with van der Waals surface area (Å²) in [7, 11) is 3.49. The number of amides is 1. The fourth-order valence-electron chi connectivity index (χ4n) is 1.95. The number of halogens is 1. The van der Waals surface area contributed by atoms with Crippen molar-refractivity contribution in [2.24, 2.45) is 0 Å². The maximum Gasteiger partial charge on any atom is 0.236 e. The molecule has 0 saturated carbocycles. The summed E-state index contributed by atoms with van der Waals surface area (Å²) in [4.78, 5) is 15.4. The van der Waals surface area contributed by atoms with Crippen molar-refractivity contribution < 1.29 is 9.90 Å². The topological polar surface area (TPSA) is 43.8 Å². The monoisotopic (exact) mass is 342 g/mol. The molecule has 1 rings (SSSR count). The fourth-order valence-corrected chi connectivity index (χ4v) is 2.36.